The number of amides is 1. The van der Waals surface area contributed by atoms with Crippen LogP contribution in [0.25, 0.3) is 10.9 Å². The molecule has 0 aliphatic rings. The van der Waals surface area contributed by atoms with Gasteiger partial charge in [0.25, 0.3) is 0 Å². The molecule has 120 valence electrons. The Labute approximate surface area is 138 Å². The van der Waals surface area contributed by atoms with Gasteiger partial charge < -0.3 is 10.3 Å². The molecule has 0 radical (unpaired) electrons. The highest BCUT2D eigenvalue weighted by Crippen LogP contribution is 2.24. The monoisotopic (exact) mass is 330 g/mol. The zero-order valence-electron chi connectivity index (χ0n) is 13.2. The number of aromatic nitrogens is 1. The maximum absolute atomic E-state index is 13.8. The number of H-pyrrole nitrogens is 1. The maximum atomic E-state index is 13.8. The minimum Gasteiger partial charge on any atom is -0.356 e. The van der Waals surface area contributed by atoms with Crippen LogP contribution in [0.1, 0.15) is 23.7 Å². The van der Waals surface area contributed by atoms with Crippen molar-refractivity contribution in [3.05, 3.63) is 57.7 Å². The van der Waals surface area contributed by atoms with Crippen LogP contribution in [0.2, 0.25) is 0 Å². The molecule has 3 aromatic rings. The number of halogens is 1. The topological polar surface area (TPSA) is 44.9 Å². The van der Waals surface area contributed by atoms with Gasteiger partial charge in [-0.2, -0.15) is 11.3 Å². The van der Waals surface area contributed by atoms with Gasteiger partial charge in [-0.25, -0.2) is 4.39 Å². The molecule has 23 heavy (non-hydrogen) atoms. The first-order valence-electron chi connectivity index (χ1n) is 7.60. The predicted octanol–water partition coefficient (Wildman–Crippen LogP) is 3.97. The molecule has 0 aliphatic heterocycles. The van der Waals surface area contributed by atoms with Crippen molar-refractivity contribution in [1.82, 2.24) is 10.3 Å². The zero-order valence-corrected chi connectivity index (χ0v) is 14.0. The normalized spacial score (nSPS) is 12.5. The van der Waals surface area contributed by atoms with Crippen LogP contribution in [-0.2, 0) is 17.6 Å². The molecule has 3 nitrogen and oxygen atoms in total. The molecule has 2 aromatic heterocycles. The Morgan fingerprint density at radius 1 is 1.39 bits per heavy atom. The summed E-state index contributed by atoms with van der Waals surface area (Å²) in [6, 6.07) is 7.08. The molecule has 5 heteroatoms. The van der Waals surface area contributed by atoms with Crippen LogP contribution >= 0.6 is 11.3 Å². The fourth-order valence-electron chi connectivity index (χ4n) is 2.90. The zero-order chi connectivity index (χ0) is 16.4. The summed E-state index contributed by atoms with van der Waals surface area (Å²) in [6.45, 7) is 3.87. The molecule has 0 unspecified atom stereocenters. The van der Waals surface area contributed by atoms with Gasteiger partial charge in [-0.15, -0.1) is 0 Å². The van der Waals surface area contributed by atoms with Crippen molar-refractivity contribution in [3.8, 4) is 0 Å². The highest BCUT2D eigenvalue weighted by Gasteiger charge is 2.16. The molecule has 1 amide bonds. The van der Waals surface area contributed by atoms with E-state index in [1.807, 2.05) is 25.3 Å². The minimum atomic E-state index is -0.289. The van der Waals surface area contributed by atoms with Gasteiger partial charge in [-0.1, -0.05) is 12.1 Å². The highest BCUT2D eigenvalue weighted by atomic mass is 32.1. The van der Waals surface area contributed by atoms with Crippen LogP contribution in [0, 0.1) is 12.7 Å². The lowest BCUT2D eigenvalue weighted by Gasteiger charge is -2.13. The SMILES string of the molecule is Cc1[nH]c2c(F)cccc2c1CC(=O)N[C@@H](C)Cc1ccsc1. The van der Waals surface area contributed by atoms with Gasteiger partial charge in [0.2, 0.25) is 5.91 Å². The largest absolute Gasteiger partial charge is 0.356 e. The summed E-state index contributed by atoms with van der Waals surface area (Å²) in [6.07, 6.45) is 1.07. The number of aryl methyl sites for hydroxylation is 1. The van der Waals surface area contributed by atoms with Crippen LogP contribution in [-0.4, -0.2) is 16.9 Å². The van der Waals surface area contributed by atoms with Crippen molar-refractivity contribution < 1.29 is 9.18 Å². The number of hydrogen-bond acceptors (Lipinski definition) is 2. The molecule has 0 fully saturated rings. The van der Waals surface area contributed by atoms with E-state index in [9.17, 15) is 9.18 Å². The second-order valence-corrected chi connectivity index (χ2v) is 6.65. The van der Waals surface area contributed by atoms with E-state index in [4.69, 9.17) is 0 Å². The molecule has 1 atom stereocenters. The Morgan fingerprint density at radius 2 is 2.22 bits per heavy atom. The van der Waals surface area contributed by atoms with Crippen molar-refractivity contribution in [2.24, 2.45) is 0 Å². The summed E-state index contributed by atoms with van der Waals surface area (Å²) in [5, 5.41) is 7.93. The number of benzene rings is 1. The predicted molar refractivity (Wildman–Crippen MR) is 92.3 cm³/mol. The number of nitrogens with one attached hydrogen (secondary N) is 2. The second kappa shape index (κ2) is 6.54. The van der Waals surface area contributed by atoms with Crippen molar-refractivity contribution in [1.29, 1.82) is 0 Å². The lowest BCUT2D eigenvalue weighted by Crippen LogP contribution is -2.35. The molecule has 0 aliphatic carbocycles. The summed E-state index contributed by atoms with van der Waals surface area (Å²) in [4.78, 5) is 15.4. The Bertz CT molecular complexity index is 823. The third kappa shape index (κ3) is 3.45. The summed E-state index contributed by atoms with van der Waals surface area (Å²) in [7, 11) is 0. The van der Waals surface area contributed by atoms with E-state index in [0.717, 1.165) is 23.1 Å². The van der Waals surface area contributed by atoms with Gasteiger partial charge in [0, 0.05) is 17.1 Å². The number of rotatable bonds is 5. The average molecular weight is 330 g/mol. The Balaban J connectivity index is 1.70. The first kappa shape index (κ1) is 15.7. The van der Waals surface area contributed by atoms with Crippen molar-refractivity contribution >= 4 is 28.1 Å². The molecule has 0 bridgehead atoms. The third-order valence-electron chi connectivity index (χ3n) is 3.97. The first-order chi connectivity index (χ1) is 11.0. The molecule has 1 aromatic carbocycles. The fraction of sp³-hybridized carbons (Fsp3) is 0.278. The summed E-state index contributed by atoms with van der Waals surface area (Å²) in [5.41, 5.74) is 3.40. The highest BCUT2D eigenvalue weighted by molar-refractivity contribution is 7.07. The molecule has 0 saturated carbocycles. The molecule has 2 N–H and O–H groups in total. The van der Waals surface area contributed by atoms with E-state index in [0.29, 0.717) is 5.52 Å². The van der Waals surface area contributed by atoms with Crippen LogP contribution in [0.5, 0.6) is 0 Å². The van der Waals surface area contributed by atoms with E-state index in [-0.39, 0.29) is 24.2 Å². The van der Waals surface area contributed by atoms with Crippen LogP contribution in [0.4, 0.5) is 4.39 Å². The molecular weight excluding hydrogens is 311 g/mol. The van der Waals surface area contributed by atoms with E-state index < -0.39 is 0 Å². The van der Waals surface area contributed by atoms with Gasteiger partial charge >= 0.3 is 0 Å². The third-order valence-corrected chi connectivity index (χ3v) is 4.70. The fourth-order valence-corrected chi connectivity index (χ4v) is 3.58. The number of fused-ring (bicyclic) bond motifs is 1. The smallest absolute Gasteiger partial charge is 0.224 e. The number of thiophene rings is 1. The summed E-state index contributed by atoms with van der Waals surface area (Å²) < 4.78 is 13.8. The lowest BCUT2D eigenvalue weighted by molar-refractivity contribution is -0.121. The number of carbonyl (C=O) groups excluding carboxylic acids is 1. The van der Waals surface area contributed by atoms with Crippen LogP contribution in [0.3, 0.4) is 0 Å². The van der Waals surface area contributed by atoms with E-state index in [1.165, 1.54) is 11.6 Å². The van der Waals surface area contributed by atoms with Gasteiger partial charge in [-0.3, -0.25) is 4.79 Å². The molecule has 3 rings (SSSR count). The van der Waals surface area contributed by atoms with E-state index >= 15 is 0 Å². The van der Waals surface area contributed by atoms with Gasteiger partial charge in [-0.05, 0) is 54.3 Å². The molecule has 2 heterocycles. The summed E-state index contributed by atoms with van der Waals surface area (Å²) in [5.74, 6) is -0.330. The quantitative estimate of drug-likeness (QED) is 0.730. The standard InChI is InChI=1S/C18H19FN2OS/c1-11(8-13-6-7-23-10-13)20-17(22)9-15-12(2)21-18-14(15)4-3-5-16(18)19/h3-7,10-11,21H,8-9H2,1-2H3,(H,20,22)/t11-/m0/s1. The number of para-hydroxylation sites is 1. The van der Waals surface area contributed by atoms with Gasteiger partial charge in [0.15, 0.2) is 0 Å². The van der Waals surface area contributed by atoms with Crippen LogP contribution in [0.15, 0.2) is 35.0 Å². The molecule has 0 spiro atoms. The average Bonchev–Trinajstić information content (AvgIpc) is 3.09. The Kier molecular flexibility index (Phi) is 4.48. The number of aromatic amines is 1. The minimum absolute atomic E-state index is 0.0407. The lowest BCUT2D eigenvalue weighted by atomic mass is 10.1. The van der Waals surface area contributed by atoms with Crippen molar-refractivity contribution in [2.45, 2.75) is 32.7 Å². The van der Waals surface area contributed by atoms with Gasteiger partial charge in [0.05, 0.1) is 11.9 Å². The number of carbonyl (C=O) groups is 1. The molecular formula is C18H19FN2OS. The second-order valence-electron chi connectivity index (χ2n) is 5.87. The first-order valence-corrected chi connectivity index (χ1v) is 8.55. The maximum Gasteiger partial charge on any atom is 0.224 e. The van der Waals surface area contributed by atoms with Gasteiger partial charge in [0.1, 0.15) is 5.82 Å². The Hall–Kier alpha value is -2.14. The summed E-state index contributed by atoms with van der Waals surface area (Å²) >= 11 is 1.66. The molecule has 0 saturated heterocycles. The number of hydrogen-bond donors (Lipinski definition) is 2. The van der Waals surface area contributed by atoms with E-state index in [1.54, 1.807) is 17.4 Å². The Morgan fingerprint density at radius 3 is 2.96 bits per heavy atom. The van der Waals surface area contributed by atoms with Crippen molar-refractivity contribution in [3.63, 3.8) is 0 Å². The van der Waals surface area contributed by atoms with Crippen LogP contribution < -0.4 is 5.32 Å². The van der Waals surface area contributed by atoms with E-state index in [2.05, 4.69) is 21.7 Å². The van der Waals surface area contributed by atoms with Crippen molar-refractivity contribution in [2.75, 3.05) is 0 Å².